The number of nitrogens with zero attached hydrogens (tertiary/aromatic N) is 1. The number of nitrogens with two attached hydrogens (primary N) is 1. The van der Waals surface area contributed by atoms with Crippen LogP contribution in [0.3, 0.4) is 0 Å². The van der Waals surface area contributed by atoms with Gasteiger partial charge in [0.25, 0.3) is 5.91 Å². The molecule has 0 aliphatic carbocycles. The summed E-state index contributed by atoms with van der Waals surface area (Å²) in [6.07, 6.45) is 0.260. The molecule has 1 aliphatic rings. The van der Waals surface area contributed by atoms with Crippen LogP contribution in [-0.2, 0) is 14.3 Å². The van der Waals surface area contributed by atoms with Crippen molar-refractivity contribution in [3.63, 3.8) is 0 Å². The van der Waals surface area contributed by atoms with Crippen molar-refractivity contribution in [3.8, 4) is 5.75 Å². The number of ether oxygens (including phenoxy) is 2. The van der Waals surface area contributed by atoms with E-state index < -0.39 is 11.9 Å². The van der Waals surface area contributed by atoms with E-state index >= 15 is 0 Å². The second kappa shape index (κ2) is 7.66. The highest BCUT2D eigenvalue weighted by Crippen LogP contribution is 2.28. The molecule has 0 radical (unpaired) electrons. The van der Waals surface area contributed by atoms with E-state index in [4.69, 9.17) is 15.2 Å². The molecule has 1 aliphatic heterocycles. The first kappa shape index (κ1) is 18.3. The van der Waals surface area contributed by atoms with Crippen LogP contribution in [0.25, 0.3) is 0 Å². The maximum absolute atomic E-state index is 12.5. The van der Waals surface area contributed by atoms with Gasteiger partial charge in [-0.1, -0.05) is 26.0 Å². The van der Waals surface area contributed by atoms with Crippen molar-refractivity contribution >= 4 is 11.8 Å². The minimum atomic E-state index is -0.631. The maximum Gasteiger partial charge on any atom is 0.261 e. The van der Waals surface area contributed by atoms with E-state index in [1.54, 1.807) is 7.11 Å². The molecule has 1 aromatic rings. The molecule has 1 fully saturated rings. The molecule has 0 spiro atoms. The third-order valence-electron chi connectivity index (χ3n) is 4.39. The van der Waals surface area contributed by atoms with Crippen LogP contribution in [-0.4, -0.2) is 49.1 Å². The summed E-state index contributed by atoms with van der Waals surface area (Å²) >= 11 is 0. The smallest absolute Gasteiger partial charge is 0.261 e. The Labute approximate surface area is 142 Å². The Morgan fingerprint density at radius 3 is 2.67 bits per heavy atom. The molecule has 1 saturated heterocycles. The molecule has 6 nitrogen and oxygen atoms in total. The third-order valence-corrected chi connectivity index (χ3v) is 4.39. The lowest BCUT2D eigenvalue weighted by atomic mass is 10.0. The zero-order chi connectivity index (χ0) is 17.9. The zero-order valence-electron chi connectivity index (χ0n) is 14.7. The minimum absolute atomic E-state index is 0.122. The van der Waals surface area contributed by atoms with Gasteiger partial charge in [-0.3, -0.25) is 9.59 Å². The van der Waals surface area contributed by atoms with Crippen molar-refractivity contribution in [1.29, 1.82) is 0 Å². The van der Waals surface area contributed by atoms with Crippen molar-refractivity contribution in [2.45, 2.75) is 45.3 Å². The average molecular weight is 334 g/mol. The fraction of sp³-hybridized carbons (Fsp3) is 0.556. The number of hydrogen-bond acceptors (Lipinski definition) is 4. The van der Waals surface area contributed by atoms with Gasteiger partial charge in [-0.2, -0.15) is 0 Å². The summed E-state index contributed by atoms with van der Waals surface area (Å²) in [5.41, 5.74) is 7.52. The number of methoxy groups -OCH3 is 1. The van der Waals surface area contributed by atoms with Crippen molar-refractivity contribution in [3.05, 3.63) is 29.3 Å². The summed E-state index contributed by atoms with van der Waals surface area (Å²) in [6.45, 7) is 6.37. The summed E-state index contributed by atoms with van der Waals surface area (Å²) in [7, 11) is 1.56. The van der Waals surface area contributed by atoms with Gasteiger partial charge < -0.3 is 20.1 Å². The SMILES string of the molecule is CO[C@H]1C[C@@H](C(N)=O)N(C(=O)COc2cc(C)ccc2C(C)C)C1. The number of carbonyl (C=O) groups excluding carboxylic acids is 2. The van der Waals surface area contributed by atoms with Crippen molar-refractivity contribution < 1.29 is 19.1 Å². The molecule has 2 N–H and O–H groups in total. The molecule has 0 saturated carbocycles. The van der Waals surface area contributed by atoms with Crippen LogP contribution in [0.15, 0.2) is 18.2 Å². The molecule has 1 heterocycles. The van der Waals surface area contributed by atoms with E-state index in [0.29, 0.717) is 24.6 Å². The highest BCUT2D eigenvalue weighted by atomic mass is 16.5. The van der Waals surface area contributed by atoms with Gasteiger partial charge in [0.1, 0.15) is 11.8 Å². The minimum Gasteiger partial charge on any atom is -0.483 e. The highest BCUT2D eigenvalue weighted by molar-refractivity contribution is 5.88. The molecule has 2 rings (SSSR count). The van der Waals surface area contributed by atoms with Crippen molar-refractivity contribution in [2.24, 2.45) is 5.73 Å². The first-order valence-electron chi connectivity index (χ1n) is 8.18. The molecule has 0 bridgehead atoms. The fourth-order valence-corrected chi connectivity index (χ4v) is 2.98. The summed E-state index contributed by atoms with van der Waals surface area (Å²) in [4.78, 5) is 25.5. The quantitative estimate of drug-likeness (QED) is 0.857. The number of benzene rings is 1. The Hall–Kier alpha value is -2.08. The van der Waals surface area contributed by atoms with Gasteiger partial charge >= 0.3 is 0 Å². The van der Waals surface area contributed by atoms with Gasteiger partial charge in [-0.05, 0) is 30.0 Å². The van der Waals surface area contributed by atoms with E-state index in [0.717, 1.165) is 11.1 Å². The van der Waals surface area contributed by atoms with Crippen LogP contribution in [0, 0.1) is 6.92 Å². The Kier molecular flexibility index (Phi) is 5.83. The van der Waals surface area contributed by atoms with E-state index in [2.05, 4.69) is 13.8 Å². The number of primary amides is 1. The van der Waals surface area contributed by atoms with Gasteiger partial charge in [-0.25, -0.2) is 0 Å². The normalized spacial score (nSPS) is 20.5. The standard InChI is InChI=1S/C18H26N2O4/c1-11(2)14-6-5-12(3)7-16(14)24-10-17(21)20-9-13(23-4)8-15(20)18(19)22/h5-7,11,13,15H,8-10H2,1-4H3,(H2,19,22)/t13-,15-/m0/s1. The molecule has 2 amide bonds. The average Bonchev–Trinajstić information content (AvgIpc) is 2.97. The zero-order valence-corrected chi connectivity index (χ0v) is 14.7. The highest BCUT2D eigenvalue weighted by Gasteiger charge is 2.38. The maximum atomic E-state index is 12.5. The van der Waals surface area contributed by atoms with Crippen LogP contribution in [0.2, 0.25) is 0 Å². The van der Waals surface area contributed by atoms with E-state index in [1.165, 1.54) is 4.90 Å². The third kappa shape index (κ3) is 4.06. The van der Waals surface area contributed by atoms with Crippen molar-refractivity contribution in [1.82, 2.24) is 4.90 Å². The number of likely N-dealkylation sites (tertiary alicyclic amines) is 1. The lowest BCUT2D eigenvalue weighted by Crippen LogP contribution is -2.45. The van der Waals surface area contributed by atoms with Gasteiger partial charge in [0.05, 0.1) is 6.10 Å². The first-order valence-corrected chi connectivity index (χ1v) is 8.18. The molecule has 132 valence electrons. The molecule has 6 heteroatoms. The molecular weight excluding hydrogens is 308 g/mol. The van der Waals surface area contributed by atoms with Crippen LogP contribution in [0.5, 0.6) is 5.75 Å². The first-order chi connectivity index (χ1) is 11.3. The van der Waals surface area contributed by atoms with Crippen LogP contribution < -0.4 is 10.5 Å². The van der Waals surface area contributed by atoms with Crippen LogP contribution >= 0.6 is 0 Å². The van der Waals surface area contributed by atoms with Gasteiger partial charge in [0.15, 0.2) is 6.61 Å². The molecule has 0 unspecified atom stereocenters. The fourth-order valence-electron chi connectivity index (χ4n) is 2.98. The summed E-state index contributed by atoms with van der Waals surface area (Å²) < 4.78 is 11.0. The predicted octanol–water partition coefficient (Wildman–Crippen LogP) is 1.60. The topological polar surface area (TPSA) is 81.9 Å². The summed E-state index contributed by atoms with van der Waals surface area (Å²) in [6, 6.07) is 5.34. The van der Waals surface area contributed by atoms with Crippen LogP contribution in [0.1, 0.15) is 37.3 Å². The van der Waals surface area contributed by atoms with E-state index in [-0.39, 0.29) is 18.6 Å². The number of amides is 2. The Balaban J connectivity index is 2.08. The molecule has 1 aromatic carbocycles. The largest absolute Gasteiger partial charge is 0.483 e. The predicted molar refractivity (Wildman–Crippen MR) is 90.9 cm³/mol. The number of carbonyl (C=O) groups is 2. The van der Waals surface area contributed by atoms with Crippen molar-refractivity contribution in [2.75, 3.05) is 20.3 Å². The molecule has 0 aromatic heterocycles. The monoisotopic (exact) mass is 334 g/mol. The lowest BCUT2D eigenvalue weighted by molar-refractivity contribution is -0.139. The van der Waals surface area contributed by atoms with Crippen LogP contribution in [0.4, 0.5) is 0 Å². The van der Waals surface area contributed by atoms with Gasteiger partial charge in [0, 0.05) is 20.1 Å². The summed E-state index contributed by atoms with van der Waals surface area (Å²) in [5.74, 6) is 0.228. The molecular formula is C18H26N2O4. The second-order valence-corrected chi connectivity index (χ2v) is 6.54. The Bertz CT molecular complexity index is 615. The Morgan fingerprint density at radius 1 is 1.38 bits per heavy atom. The van der Waals surface area contributed by atoms with Gasteiger partial charge in [0.2, 0.25) is 5.91 Å². The van der Waals surface area contributed by atoms with E-state index in [9.17, 15) is 9.59 Å². The molecule has 2 atom stereocenters. The number of aryl methyl sites for hydroxylation is 1. The van der Waals surface area contributed by atoms with E-state index in [1.807, 2.05) is 25.1 Å². The lowest BCUT2D eigenvalue weighted by Gasteiger charge is -2.22. The number of hydrogen-bond donors (Lipinski definition) is 1. The second-order valence-electron chi connectivity index (χ2n) is 6.54. The Morgan fingerprint density at radius 2 is 2.08 bits per heavy atom. The molecule has 24 heavy (non-hydrogen) atoms. The number of rotatable bonds is 6. The summed E-state index contributed by atoms with van der Waals surface area (Å²) in [5, 5.41) is 0. The van der Waals surface area contributed by atoms with Gasteiger partial charge in [-0.15, -0.1) is 0 Å².